The third-order valence-corrected chi connectivity index (χ3v) is 3.14. The number of hydrogen-bond acceptors (Lipinski definition) is 4. The second kappa shape index (κ2) is 5.01. The molecule has 0 saturated carbocycles. The average Bonchev–Trinajstić information content (AvgIpc) is 2.28. The van der Waals surface area contributed by atoms with Crippen LogP contribution in [-0.2, 0) is 15.2 Å². The summed E-state index contributed by atoms with van der Waals surface area (Å²) >= 11 is 0. The predicted octanol–water partition coefficient (Wildman–Crippen LogP) is 2.17. The zero-order valence-corrected chi connectivity index (χ0v) is 9.95. The molecule has 6 heteroatoms. The van der Waals surface area contributed by atoms with Gasteiger partial charge < -0.3 is 8.92 Å². The van der Waals surface area contributed by atoms with Crippen molar-refractivity contribution in [1.29, 1.82) is 0 Å². The first kappa shape index (κ1) is 12.3. The lowest BCUT2D eigenvalue weighted by Crippen LogP contribution is -2.14. The summed E-state index contributed by atoms with van der Waals surface area (Å²) in [5.41, 5.74) is 0.953. The molecule has 0 radical (unpaired) electrons. The van der Waals surface area contributed by atoms with Gasteiger partial charge in [-0.05, 0) is 36.5 Å². The summed E-state index contributed by atoms with van der Waals surface area (Å²) in [7, 11) is -4.95. The highest BCUT2D eigenvalue weighted by Crippen LogP contribution is 2.29. The Morgan fingerprint density at radius 3 is 2.65 bits per heavy atom. The molecule has 94 valence electrons. The quantitative estimate of drug-likeness (QED) is 0.782. The molecule has 1 fully saturated rings. The van der Waals surface area contributed by atoms with E-state index in [2.05, 4.69) is 4.18 Å². The molecule has 4 nitrogen and oxygen atoms in total. The summed E-state index contributed by atoms with van der Waals surface area (Å²) in [6, 6.07) is 6.52. The van der Waals surface area contributed by atoms with Gasteiger partial charge in [0.2, 0.25) is 0 Å². The largest absolute Gasteiger partial charge is 0.488 e. The van der Waals surface area contributed by atoms with Crippen molar-refractivity contribution < 1.29 is 21.2 Å². The highest BCUT2D eigenvalue weighted by Gasteiger charge is 2.17. The average molecular weight is 260 g/mol. The van der Waals surface area contributed by atoms with Gasteiger partial charge in [-0.2, -0.15) is 8.42 Å². The van der Waals surface area contributed by atoms with E-state index >= 15 is 0 Å². The van der Waals surface area contributed by atoms with E-state index in [4.69, 9.17) is 4.74 Å². The Labute approximate surface area is 99.8 Å². The lowest BCUT2D eigenvalue weighted by Gasteiger charge is -2.22. The van der Waals surface area contributed by atoms with E-state index in [1.54, 1.807) is 12.1 Å². The molecule has 0 unspecified atom stereocenters. The molecular formula is C11H13FO4S. The smallest absolute Gasteiger partial charge is 0.381 e. The van der Waals surface area contributed by atoms with Crippen LogP contribution in [0.4, 0.5) is 3.89 Å². The van der Waals surface area contributed by atoms with Crippen molar-refractivity contribution in [1.82, 2.24) is 0 Å². The first-order valence-corrected chi connectivity index (χ1v) is 6.67. The van der Waals surface area contributed by atoms with Crippen molar-refractivity contribution in [3.63, 3.8) is 0 Å². The van der Waals surface area contributed by atoms with E-state index in [0.717, 1.165) is 18.4 Å². The Kier molecular flexibility index (Phi) is 3.63. The topological polar surface area (TPSA) is 52.6 Å². The molecule has 1 heterocycles. The van der Waals surface area contributed by atoms with Gasteiger partial charge in [0, 0.05) is 13.2 Å². The number of hydrogen-bond donors (Lipinski definition) is 0. The van der Waals surface area contributed by atoms with E-state index in [1.807, 2.05) is 6.07 Å². The van der Waals surface area contributed by atoms with Crippen LogP contribution in [0.1, 0.15) is 24.3 Å². The van der Waals surface area contributed by atoms with Crippen LogP contribution in [0.3, 0.4) is 0 Å². The van der Waals surface area contributed by atoms with E-state index in [-0.39, 0.29) is 5.75 Å². The second-order valence-corrected chi connectivity index (χ2v) is 4.89. The Morgan fingerprint density at radius 2 is 2.00 bits per heavy atom. The van der Waals surface area contributed by atoms with Gasteiger partial charge in [0.05, 0.1) is 0 Å². The fraction of sp³-hybridized carbons (Fsp3) is 0.455. The van der Waals surface area contributed by atoms with Crippen LogP contribution in [0, 0.1) is 0 Å². The van der Waals surface area contributed by atoms with Crippen molar-refractivity contribution in [3.05, 3.63) is 29.8 Å². The van der Waals surface area contributed by atoms with Crippen LogP contribution in [0.5, 0.6) is 5.75 Å². The second-order valence-electron chi connectivity index (χ2n) is 3.94. The van der Waals surface area contributed by atoms with Gasteiger partial charge in [0.1, 0.15) is 5.75 Å². The fourth-order valence-corrected chi connectivity index (χ4v) is 2.30. The van der Waals surface area contributed by atoms with E-state index in [9.17, 15) is 12.3 Å². The first-order chi connectivity index (χ1) is 8.04. The molecule has 0 bridgehead atoms. The van der Waals surface area contributed by atoms with Gasteiger partial charge in [0.25, 0.3) is 0 Å². The summed E-state index contributed by atoms with van der Waals surface area (Å²) in [6.07, 6.45) is 1.76. The van der Waals surface area contributed by atoms with Crippen molar-refractivity contribution in [2.75, 3.05) is 13.2 Å². The molecule has 1 aromatic rings. The minimum Gasteiger partial charge on any atom is -0.381 e. The molecule has 1 saturated heterocycles. The monoisotopic (exact) mass is 260 g/mol. The normalized spacial score (nSPS) is 17.9. The summed E-state index contributed by atoms with van der Waals surface area (Å²) in [5, 5.41) is 0. The lowest BCUT2D eigenvalue weighted by molar-refractivity contribution is 0.0853. The Bertz CT molecular complexity index is 480. The van der Waals surface area contributed by atoms with Gasteiger partial charge in [-0.25, -0.2) is 0 Å². The molecule has 17 heavy (non-hydrogen) atoms. The molecule has 0 spiro atoms. The van der Waals surface area contributed by atoms with Crippen LogP contribution < -0.4 is 4.18 Å². The zero-order valence-electron chi connectivity index (χ0n) is 9.13. The number of halogens is 1. The van der Waals surface area contributed by atoms with Crippen LogP contribution in [0.15, 0.2) is 24.3 Å². The highest BCUT2D eigenvalue weighted by molar-refractivity contribution is 7.81. The standard InChI is InChI=1S/C11H13FO4S/c12-17(13,14)16-11-3-1-2-10(8-11)9-4-6-15-7-5-9/h1-3,8-9H,4-7H2. The molecule has 0 atom stereocenters. The highest BCUT2D eigenvalue weighted by atomic mass is 32.3. The van der Waals surface area contributed by atoms with Crippen molar-refractivity contribution in [2.24, 2.45) is 0 Å². The Balaban J connectivity index is 2.16. The summed E-state index contributed by atoms with van der Waals surface area (Å²) < 4.78 is 42.6. The van der Waals surface area contributed by atoms with Crippen LogP contribution in [0.2, 0.25) is 0 Å². The number of ether oxygens (including phenoxy) is 1. The molecule has 0 aliphatic carbocycles. The summed E-state index contributed by atoms with van der Waals surface area (Å²) in [6.45, 7) is 1.38. The Morgan fingerprint density at radius 1 is 1.29 bits per heavy atom. The molecule has 0 amide bonds. The van der Waals surface area contributed by atoms with Crippen LogP contribution in [-0.4, -0.2) is 21.6 Å². The number of rotatable bonds is 3. The minimum atomic E-state index is -4.95. The molecule has 1 aliphatic rings. The van der Waals surface area contributed by atoms with Gasteiger partial charge in [0.15, 0.2) is 0 Å². The molecule has 2 rings (SSSR count). The SMILES string of the molecule is O=S(=O)(F)Oc1cccc(C2CCOCC2)c1. The molecule has 1 aromatic carbocycles. The van der Waals surface area contributed by atoms with Crippen molar-refractivity contribution in [2.45, 2.75) is 18.8 Å². The lowest BCUT2D eigenvalue weighted by atomic mass is 9.92. The van der Waals surface area contributed by atoms with E-state index < -0.39 is 10.5 Å². The predicted molar refractivity (Wildman–Crippen MR) is 59.9 cm³/mol. The maximum atomic E-state index is 12.4. The zero-order chi connectivity index (χ0) is 12.3. The maximum Gasteiger partial charge on any atom is 0.488 e. The summed E-state index contributed by atoms with van der Waals surface area (Å²) in [5.74, 6) is 0.325. The molecule has 0 N–H and O–H groups in total. The summed E-state index contributed by atoms with van der Waals surface area (Å²) in [4.78, 5) is 0. The van der Waals surface area contributed by atoms with Gasteiger partial charge in [-0.3, -0.25) is 0 Å². The van der Waals surface area contributed by atoms with Crippen LogP contribution in [0.25, 0.3) is 0 Å². The minimum absolute atomic E-state index is 0.0106. The van der Waals surface area contributed by atoms with E-state index in [0.29, 0.717) is 19.1 Å². The van der Waals surface area contributed by atoms with Gasteiger partial charge >= 0.3 is 10.5 Å². The van der Waals surface area contributed by atoms with Gasteiger partial charge in [-0.1, -0.05) is 16.0 Å². The Hall–Kier alpha value is -1.14. The third-order valence-electron chi connectivity index (χ3n) is 2.75. The van der Waals surface area contributed by atoms with Gasteiger partial charge in [-0.15, -0.1) is 0 Å². The molecule has 0 aromatic heterocycles. The maximum absolute atomic E-state index is 12.4. The third kappa shape index (κ3) is 3.67. The van der Waals surface area contributed by atoms with Crippen LogP contribution >= 0.6 is 0 Å². The van der Waals surface area contributed by atoms with Crippen molar-refractivity contribution >= 4 is 10.5 Å². The fourth-order valence-electron chi connectivity index (χ4n) is 1.97. The van der Waals surface area contributed by atoms with E-state index in [1.165, 1.54) is 6.07 Å². The molecule has 1 aliphatic heterocycles. The first-order valence-electron chi connectivity index (χ1n) is 5.36. The number of benzene rings is 1. The van der Waals surface area contributed by atoms with Crippen molar-refractivity contribution in [3.8, 4) is 5.75 Å². The molecular weight excluding hydrogens is 247 g/mol.